The van der Waals surface area contributed by atoms with Gasteiger partial charge in [-0.15, -0.1) is 0 Å². The van der Waals surface area contributed by atoms with Crippen molar-refractivity contribution in [2.45, 2.75) is 12.5 Å². The molecule has 1 aliphatic rings. The van der Waals surface area contributed by atoms with E-state index >= 15 is 0 Å². The van der Waals surface area contributed by atoms with Crippen LogP contribution in [0.5, 0.6) is 0 Å². The smallest absolute Gasteiger partial charge is 0.186 e. The number of fused-ring (bicyclic) bond motifs is 1. The van der Waals surface area contributed by atoms with Gasteiger partial charge in [-0.05, 0) is 48.9 Å². The van der Waals surface area contributed by atoms with Crippen LogP contribution >= 0.6 is 0 Å². The summed E-state index contributed by atoms with van der Waals surface area (Å²) in [4.78, 5) is 21.9. The Labute approximate surface area is 212 Å². The Balaban J connectivity index is 1.35. The number of ketones is 1. The molecule has 1 aliphatic heterocycles. The number of hydrogen-bond acceptors (Lipinski definition) is 5. The summed E-state index contributed by atoms with van der Waals surface area (Å²) in [5.74, 6) is 0.0552. The fraction of sp³-hybridized carbons (Fsp3) is 0.267. The van der Waals surface area contributed by atoms with Crippen LogP contribution in [0.4, 0.5) is 5.69 Å². The molecule has 182 valence electrons. The van der Waals surface area contributed by atoms with E-state index in [9.17, 15) is 4.79 Å². The number of nitrogens with one attached hydrogen (secondary N) is 2. The Bertz CT molecular complexity index is 1360. The standard InChI is InChI=1S/C30H31N5O/c1-34-15-17-35(18-16-34)25-11-12-26-27(21-33-28(26)19-25)30(36)29(24-5-3-2-4-6-24)32-14-13-22-7-9-23(20-31)10-8-22/h2-12,19,21,29,32-33H,13-18H2,1H3/t29-/m0/s1. The predicted molar refractivity (Wildman–Crippen MR) is 144 cm³/mol. The van der Waals surface area contributed by atoms with E-state index in [0.29, 0.717) is 17.7 Å². The van der Waals surface area contributed by atoms with Gasteiger partial charge < -0.3 is 20.1 Å². The maximum atomic E-state index is 13.8. The van der Waals surface area contributed by atoms with Gasteiger partial charge in [0.1, 0.15) is 0 Å². The average Bonchev–Trinajstić information content (AvgIpc) is 3.35. The van der Waals surface area contributed by atoms with Crippen LogP contribution in [0.2, 0.25) is 0 Å². The van der Waals surface area contributed by atoms with E-state index in [0.717, 1.165) is 54.6 Å². The molecule has 2 N–H and O–H groups in total. The van der Waals surface area contributed by atoms with Crippen molar-refractivity contribution in [1.29, 1.82) is 5.26 Å². The number of benzene rings is 3. The number of nitriles is 1. The number of nitrogens with zero attached hydrogens (tertiary/aromatic N) is 3. The van der Waals surface area contributed by atoms with Crippen LogP contribution in [0.15, 0.2) is 79.0 Å². The van der Waals surface area contributed by atoms with Gasteiger partial charge >= 0.3 is 0 Å². The van der Waals surface area contributed by atoms with Gasteiger partial charge in [0.25, 0.3) is 0 Å². The van der Waals surface area contributed by atoms with Gasteiger partial charge in [0.15, 0.2) is 5.78 Å². The van der Waals surface area contributed by atoms with Gasteiger partial charge in [-0.3, -0.25) is 4.79 Å². The summed E-state index contributed by atoms with van der Waals surface area (Å²) in [5, 5.41) is 13.5. The second-order valence-electron chi connectivity index (χ2n) is 9.44. The molecule has 6 heteroatoms. The van der Waals surface area contributed by atoms with Crippen molar-refractivity contribution in [2.24, 2.45) is 0 Å². The number of rotatable bonds is 8. The van der Waals surface area contributed by atoms with E-state index in [1.165, 1.54) is 5.69 Å². The SMILES string of the molecule is CN1CCN(c2ccc3c(C(=O)[C@@H](NCCc4ccc(C#N)cc4)c4ccccc4)c[nH]c3c2)CC1. The number of likely N-dealkylation sites (N-methyl/N-ethyl adjacent to an activating group) is 1. The zero-order chi connectivity index (χ0) is 24.9. The van der Waals surface area contributed by atoms with Gasteiger partial charge in [0.05, 0.1) is 17.7 Å². The number of carbonyl (C=O) groups is 1. The summed E-state index contributed by atoms with van der Waals surface area (Å²) in [7, 11) is 2.16. The van der Waals surface area contributed by atoms with E-state index in [2.05, 4.69) is 51.4 Å². The molecule has 2 heterocycles. The molecule has 0 bridgehead atoms. The normalized spacial score (nSPS) is 15.1. The highest BCUT2D eigenvalue weighted by Gasteiger charge is 2.24. The largest absolute Gasteiger partial charge is 0.369 e. The second kappa shape index (κ2) is 10.8. The van der Waals surface area contributed by atoms with Gasteiger partial charge in [-0.25, -0.2) is 0 Å². The molecule has 0 saturated carbocycles. The van der Waals surface area contributed by atoms with Gasteiger partial charge in [0.2, 0.25) is 0 Å². The molecule has 4 aromatic rings. The minimum atomic E-state index is -0.444. The second-order valence-corrected chi connectivity index (χ2v) is 9.44. The molecule has 0 radical (unpaired) electrons. The summed E-state index contributed by atoms with van der Waals surface area (Å²) < 4.78 is 0. The first-order chi connectivity index (χ1) is 17.6. The predicted octanol–water partition coefficient (Wildman–Crippen LogP) is 4.55. The number of H-pyrrole nitrogens is 1. The Morgan fingerprint density at radius 1 is 1.03 bits per heavy atom. The molecule has 1 saturated heterocycles. The molecule has 3 aromatic carbocycles. The molecule has 5 rings (SSSR count). The van der Waals surface area contributed by atoms with Crippen molar-refractivity contribution in [3.05, 3.63) is 101 Å². The Morgan fingerprint density at radius 3 is 2.50 bits per heavy atom. The van der Waals surface area contributed by atoms with Crippen molar-refractivity contribution >= 4 is 22.4 Å². The molecule has 1 fully saturated rings. The first-order valence-electron chi connectivity index (χ1n) is 12.5. The first-order valence-corrected chi connectivity index (χ1v) is 12.5. The van der Waals surface area contributed by atoms with E-state index in [-0.39, 0.29) is 5.78 Å². The number of carbonyl (C=O) groups excluding carboxylic acids is 1. The summed E-state index contributed by atoms with van der Waals surface area (Å²) in [6.45, 7) is 4.77. The number of aromatic nitrogens is 1. The number of aromatic amines is 1. The first kappa shape index (κ1) is 23.8. The lowest BCUT2D eigenvalue weighted by Crippen LogP contribution is -2.44. The van der Waals surface area contributed by atoms with Crippen LogP contribution in [0.1, 0.15) is 33.1 Å². The lowest BCUT2D eigenvalue weighted by atomic mass is 9.96. The average molecular weight is 478 g/mol. The van der Waals surface area contributed by atoms with Gasteiger partial charge in [-0.1, -0.05) is 48.5 Å². The van der Waals surface area contributed by atoms with Gasteiger partial charge in [0, 0.05) is 61.1 Å². The van der Waals surface area contributed by atoms with Crippen LogP contribution in [0.3, 0.4) is 0 Å². The molecule has 0 aliphatic carbocycles. The molecule has 6 nitrogen and oxygen atoms in total. The lowest BCUT2D eigenvalue weighted by Gasteiger charge is -2.34. The van der Waals surface area contributed by atoms with Crippen molar-refractivity contribution in [3.63, 3.8) is 0 Å². The summed E-state index contributed by atoms with van der Waals surface area (Å²) >= 11 is 0. The third-order valence-electron chi connectivity index (χ3n) is 7.04. The number of hydrogen-bond donors (Lipinski definition) is 2. The highest BCUT2D eigenvalue weighted by Crippen LogP contribution is 2.28. The van der Waals surface area contributed by atoms with Crippen LogP contribution in [-0.2, 0) is 6.42 Å². The minimum absolute atomic E-state index is 0.0552. The van der Waals surface area contributed by atoms with E-state index < -0.39 is 6.04 Å². The number of Topliss-reactive ketones (excluding diaryl/α,β-unsaturated/α-hetero) is 1. The fourth-order valence-corrected chi connectivity index (χ4v) is 4.85. The molecule has 36 heavy (non-hydrogen) atoms. The number of anilines is 1. The third kappa shape index (κ3) is 5.18. The van der Waals surface area contributed by atoms with E-state index in [1.807, 2.05) is 60.8 Å². The van der Waals surface area contributed by atoms with Crippen molar-refractivity contribution in [1.82, 2.24) is 15.2 Å². The maximum Gasteiger partial charge on any atom is 0.186 e. The minimum Gasteiger partial charge on any atom is -0.369 e. The lowest BCUT2D eigenvalue weighted by molar-refractivity contribution is 0.0945. The molecule has 0 unspecified atom stereocenters. The zero-order valence-electron chi connectivity index (χ0n) is 20.6. The van der Waals surface area contributed by atoms with Crippen molar-refractivity contribution in [2.75, 3.05) is 44.7 Å². The summed E-state index contributed by atoms with van der Waals surface area (Å²) in [6, 6.07) is 25.6. The zero-order valence-corrected chi connectivity index (χ0v) is 20.6. The summed E-state index contributed by atoms with van der Waals surface area (Å²) in [6.07, 6.45) is 2.61. The Morgan fingerprint density at radius 2 is 1.78 bits per heavy atom. The van der Waals surface area contributed by atoms with E-state index in [4.69, 9.17) is 5.26 Å². The molecule has 1 atom stereocenters. The molecular weight excluding hydrogens is 446 g/mol. The van der Waals surface area contributed by atoms with Crippen molar-refractivity contribution in [3.8, 4) is 6.07 Å². The molecule has 0 amide bonds. The van der Waals surface area contributed by atoms with Crippen LogP contribution in [0, 0.1) is 11.3 Å². The highest BCUT2D eigenvalue weighted by molar-refractivity contribution is 6.11. The molecular formula is C30H31N5O. The third-order valence-corrected chi connectivity index (χ3v) is 7.04. The quantitative estimate of drug-likeness (QED) is 0.364. The monoisotopic (exact) mass is 477 g/mol. The maximum absolute atomic E-state index is 13.8. The van der Waals surface area contributed by atoms with Crippen LogP contribution in [-0.4, -0.2) is 55.4 Å². The van der Waals surface area contributed by atoms with Crippen LogP contribution < -0.4 is 10.2 Å². The Kier molecular flexibility index (Phi) is 7.13. The highest BCUT2D eigenvalue weighted by atomic mass is 16.1. The Hall–Kier alpha value is -3.92. The summed E-state index contributed by atoms with van der Waals surface area (Å²) in [5.41, 5.74) is 5.61. The van der Waals surface area contributed by atoms with Crippen molar-refractivity contribution < 1.29 is 4.79 Å². The molecule has 1 aromatic heterocycles. The number of piperazine rings is 1. The van der Waals surface area contributed by atoms with Gasteiger partial charge in [-0.2, -0.15) is 5.26 Å². The molecule has 0 spiro atoms. The van der Waals surface area contributed by atoms with E-state index in [1.54, 1.807) is 0 Å². The fourth-order valence-electron chi connectivity index (χ4n) is 4.85. The van der Waals surface area contributed by atoms with Crippen LogP contribution in [0.25, 0.3) is 10.9 Å². The topological polar surface area (TPSA) is 75.2 Å².